The molecule has 0 saturated carbocycles. The van der Waals surface area contributed by atoms with E-state index in [1.807, 2.05) is 39.0 Å². The van der Waals surface area contributed by atoms with Gasteiger partial charge in [0.05, 0.1) is 18.0 Å². The van der Waals surface area contributed by atoms with Crippen LogP contribution in [0.1, 0.15) is 60.0 Å². The first-order valence-electron chi connectivity index (χ1n) is 10.7. The zero-order valence-corrected chi connectivity index (χ0v) is 19.2. The number of benzene rings is 2. The summed E-state index contributed by atoms with van der Waals surface area (Å²) < 4.78 is 26.2. The third kappa shape index (κ3) is 5.04. The average molecular weight is 429 g/mol. The fraction of sp³-hybridized carbons (Fsp3) is 0.458. The summed E-state index contributed by atoms with van der Waals surface area (Å²) in [7, 11) is -3.60. The second-order valence-electron chi connectivity index (χ2n) is 8.27. The number of nitrogens with one attached hydrogen (secondary N) is 1. The fourth-order valence-electron chi connectivity index (χ4n) is 4.32. The predicted octanol–water partition coefficient (Wildman–Crippen LogP) is 4.22. The Kier molecular flexibility index (Phi) is 6.86. The molecule has 3 rings (SSSR count). The first-order chi connectivity index (χ1) is 14.2. The maximum absolute atomic E-state index is 12.9. The van der Waals surface area contributed by atoms with Crippen LogP contribution in [0.2, 0.25) is 0 Å². The van der Waals surface area contributed by atoms with E-state index in [9.17, 15) is 13.2 Å². The molecule has 5 nitrogen and oxygen atoms in total. The van der Waals surface area contributed by atoms with Gasteiger partial charge in [0.15, 0.2) is 0 Å². The molecular formula is C24H32N2O3S. The molecule has 30 heavy (non-hydrogen) atoms. The largest absolute Gasteiger partial charge is 0.348 e. The highest BCUT2D eigenvalue weighted by Crippen LogP contribution is 2.28. The van der Waals surface area contributed by atoms with Crippen molar-refractivity contribution in [3.63, 3.8) is 0 Å². The van der Waals surface area contributed by atoms with Crippen molar-refractivity contribution in [1.82, 2.24) is 5.32 Å². The molecule has 0 heterocycles. The second-order valence-corrected chi connectivity index (χ2v) is 10.2. The van der Waals surface area contributed by atoms with Crippen LogP contribution >= 0.6 is 0 Å². The van der Waals surface area contributed by atoms with E-state index in [2.05, 4.69) is 23.5 Å². The highest BCUT2D eigenvalue weighted by molar-refractivity contribution is 7.92. The lowest BCUT2D eigenvalue weighted by atomic mass is 9.89. The Labute approximate surface area is 180 Å². The zero-order chi connectivity index (χ0) is 21.9. The molecule has 0 spiro atoms. The number of rotatable bonds is 7. The molecule has 1 aliphatic carbocycles. The molecule has 1 amide bonds. The van der Waals surface area contributed by atoms with Gasteiger partial charge in [-0.25, -0.2) is 8.42 Å². The molecule has 0 aromatic heterocycles. The number of fused-ring (bicyclic) bond motifs is 1. The van der Waals surface area contributed by atoms with Crippen LogP contribution in [0.3, 0.4) is 0 Å². The van der Waals surface area contributed by atoms with Crippen molar-refractivity contribution in [2.75, 3.05) is 17.1 Å². The van der Waals surface area contributed by atoms with Crippen LogP contribution in [0.15, 0.2) is 36.4 Å². The van der Waals surface area contributed by atoms with Gasteiger partial charge in [0.25, 0.3) is 0 Å². The minimum absolute atomic E-state index is 0.135. The number of carbonyl (C=O) groups is 1. The number of nitrogens with zero attached hydrogens (tertiary/aromatic N) is 1. The van der Waals surface area contributed by atoms with E-state index in [4.69, 9.17) is 0 Å². The fourth-order valence-corrected chi connectivity index (χ4v) is 5.29. The van der Waals surface area contributed by atoms with E-state index in [1.165, 1.54) is 28.3 Å². The van der Waals surface area contributed by atoms with Crippen LogP contribution in [-0.4, -0.2) is 27.1 Å². The molecule has 1 aliphatic rings. The van der Waals surface area contributed by atoms with Crippen LogP contribution in [0, 0.1) is 13.8 Å². The Balaban J connectivity index is 1.81. The predicted molar refractivity (Wildman–Crippen MR) is 122 cm³/mol. The quantitative estimate of drug-likeness (QED) is 0.718. The second kappa shape index (κ2) is 9.21. The number of carbonyl (C=O) groups excluding carboxylic acids is 1. The highest BCUT2D eigenvalue weighted by atomic mass is 32.2. The maximum Gasteiger partial charge on any atom is 0.241 e. The number of hydrogen-bond acceptors (Lipinski definition) is 3. The summed E-state index contributed by atoms with van der Waals surface area (Å²) in [4.78, 5) is 12.9. The van der Waals surface area contributed by atoms with Crippen molar-refractivity contribution in [3.8, 4) is 0 Å². The summed E-state index contributed by atoms with van der Waals surface area (Å²) in [6.45, 7) is 5.52. The molecule has 0 bridgehead atoms. The lowest BCUT2D eigenvalue weighted by Gasteiger charge is -2.27. The van der Waals surface area contributed by atoms with E-state index in [0.29, 0.717) is 5.69 Å². The number of sulfonamides is 1. The molecule has 0 radical (unpaired) electrons. The standard InChI is InChI=1S/C24H32N2O3S/c1-5-22(21-14-13-19-11-6-7-12-20(19)15-21)25-23(27)16-26(30(4,28)29)24-17(2)9-8-10-18(24)3/h8-10,13-15,22H,5-7,11-12,16H2,1-4H3,(H,25,27)/t22-/m0/s1. The smallest absolute Gasteiger partial charge is 0.241 e. The normalized spacial score (nSPS) is 14.7. The van der Waals surface area contributed by atoms with Gasteiger partial charge in [0, 0.05) is 0 Å². The molecule has 2 aromatic carbocycles. The number of amides is 1. The molecule has 162 valence electrons. The third-order valence-electron chi connectivity index (χ3n) is 5.89. The molecule has 0 aliphatic heterocycles. The molecule has 1 atom stereocenters. The third-order valence-corrected chi connectivity index (χ3v) is 7.01. The van der Waals surface area contributed by atoms with Gasteiger partial charge < -0.3 is 5.32 Å². The van der Waals surface area contributed by atoms with Gasteiger partial charge in [0.2, 0.25) is 15.9 Å². The molecule has 6 heteroatoms. The highest BCUT2D eigenvalue weighted by Gasteiger charge is 2.25. The Hall–Kier alpha value is -2.34. The Morgan fingerprint density at radius 2 is 1.70 bits per heavy atom. The first-order valence-corrected chi connectivity index (χ1v) is 12.5. The Morgan fingerprint density at radius 3 is 2.30 bits per heavy atom. The molecular weight excluding hydrogens is 396 g/mol. The SMILES string of the molecule is CC[C@H](NC(=O)CN(c1c(C)cccc1C)S(C)(=O)=O)c1ccc2c(c1)CCCC2. The lowest BCUT2D eigenvalue weighted by molar-refractivity contribution is -0.120. The van der Waals surface area contributed by atoms with Crippen molar-refractivity contribution in [1.29, 1.82) is 0 Å². The minimum atomic E-state index is -3.60. The lowest BCUT2D eigenvalue weighted by Crippen LogP contribution is -2.42. The summed E-state index contributed by atoms with van der Waals surface area (Å²) >= 11 is 0. The first kappa shape index (κ1) is 22.3. The van der Waals surface area contributed by atoms with Crippen LogP contribution in [0.25, 0.3) is 0 Å². The molecule has 0 saturated heterocycles. The van der Waals surface area contributed by atoms with E-state index >= 15 is 0 Å². The molecule has 1 N–H and O–H groups in total. The molecule has 0 fully saturated rings. The van der Waals surface area contributed by atoms with Crippen molar-refractivity contribution in [2.45, 2.75) is 58.9 Å². The van der Waals surface area contributed by atoms with E-state index in [0.717, 1.165) is 42.2 Å². The Morgan fingerprint density at radius 1 is 1.07 bits per heavy atom. The number of para-hydroxylation sites is 1. The monoisotopic (exact) mass is 428 g/mol. The summed E-state index contributed by atoms with van der Waals surface area (Å²) in [5.74, 6) is -0.298. The maximum atomic E-state index is 12.9. The van der Waals surface area contributed by atoms with Crippen molar-refractivity contribution < 1.29 is 13.2 Å². The average Bonchev–Trinajstić information content (AvgIpc) is 2.70. The van der Waals surface area contributed by atoms with E-state index in [1.54, 1.807) is 0 Å². The van der Waals surface area contributed by atoms with Crippen molar-refractivity contribution in [2.24, 2.45) is 0 Å². The van der Waals surface area contributed by atoms with Crippen LogP contribution < -0.4 is 9.62 Å². The topological polar surface area (TPSA) is 66.5 Å². The van der Waals surface area contributed by atoms with Gasteiger partial charge in [-0.3, -0.25) is 9.10 Å². The summed E-state index contributed by atoms with van der Waals surface area (Å²) in [5, 5.41) is 3.06. The van der Waals surface area contributed by atoms with E-state index < -0.39 is 10.0 Å². The van der Waals surface area contributed by atoms with E-state index in [-0.39, 0.29) is 18.5 Å². The van der Waals surface area contributed by atoms with Gasteiger partial charge >= 0.3 is 0 Å². The van der Waals surface area contributed by atoms with Gasteiger partial charge in [-0.05, 0) is 73.8 Å². The Bertz CT molecular complexity index is 1010. The summed E-state index contributed by atoms with van der Waals surface area (Å²) in [6, 6.07) is 12.0. The van der Waals surface area contributed by atoms with Crippen LogP contribution in [-0.2, 0) is 27.7 Å². The number of anilines is 1. The van der Waals surface area contributed by atoms with Crippen LogP contribution in [0.5, 0.6) is 0 Å². The summed E-state index contributed by atoms with van der Waals surface area (Å²) in [5.41, 5.74) is 6.11. The molecule has 2 aromatic rings. The minimum Gasteiger partial charge on any atom is -0.348 e. The summed E-state index contributed by atoms with van der Waals surface area (Å²) in [6.07, 6.45) is 6.54. The van der Waals surface area contributed by atoms with Gasteiger partial charge in [-0.2, -0.15) is 0 Å². The van der Waals surface area contributed by atoms with Crippen molar-refractivity contribution in [3.05, 3.63) is 64.2 Å². The van der Waals surface area contributed by atoms with Crippen molar-refractivity contribution >= 4 is 21.6 Å². The van der Waals surface area contributed by atoms with Gasteiger partial charge in [-0.1, -0.05) is 43.3 Å². The van der Waals surface area contributed by atoms with Gasteiger partial charge in [0.1, 0.15) is 6.54 Å². The number of hydrogen-bond donors (Lipinski definition) is 1. The zero-order valence-electron chi connectivity index (χ0n) is 18.4. The van der Waals surface area contributed by atoms with Crippen LogP contribution in [0.4, 0.5) is 5.69 Å². The number of aryl methyl sites for hydroxylation is 4. The molecule has 0 unspecified atom stereocenters. The van der Waals surface area contributed by atoms with Gasteiger partial charge in [-0.15, -0.1) is 0 Å².